The van der Waals surface area contributed by atoms with Crippen LogP contribution in [0.2, 0.25) is 0 Å². The number of benzene rings is 3. The predicted molar refractivity (Wildman–Crippen MR) is 129 cm³/mol. The molecule has 2 amide bonds. The Bertz CT molecular complexity index is 1270. The van der Waals surface area contributed by atoms with E-state index in [0.717, 1.165) is 35.4 Å². The van der Waals surface area contributed by atoms with Crippen molar-refractivity contribution in [3.63, 3.8) is 0 Å². The fraction of sp³-hybridized carbons (Fsp3) is 0.222. The van der Waals surface area contributed by atoms with Crippen molar-refractivity contribution < 1.29 is 27.5 Å². The maximum absolute atomic E-state index is 13.3. The fourth-order valence-electron chi connectivity index (χ4n) is 4.02. The average Bonchev–Trinajstić information content (AvgIpc) is 3.34. The minimum Gasteiger partial charge on any atom is -0.497 e. The number of amides is 2. The summed E-state index contributed by atoms with van der Waals surface area (Å²) in [5.74, 6) is -0.313. The minimum absolute atomic E-state index is 0.0555. The molecule has 1 atom stereocenters. The molecule has 9 heteroatoms. The summed E-state index contributed by atoms with van der Waals surface area (Å²) in [6, 6.07) is 20.4. The highest BCUT2D eigenvalue weighted by Gasteiger charge is 2.34. The molecule has 3 aromatic rings. The van der Waals surface area contributed by atoms with Gasteiger partial charge in [-0.25, -0.2) is 5.01 Å². The van der Waals surface area contributed by atoms with Crippen LogP contribution in [0.5, 0.6) is 5.75 Å². The van der Waals surface area contributed by atoms with Gasteiger partial charge < -0.3 is 9.64 Å². The Kier molecular flexibility index (Phi) is 7.10. The summed E-state index contributed by atoms with van der Waals surface area (Å²) in [4.78, 5) is 27.3. The van der Waals surface area contributed by atoms with Crippen LogP contribution >= 0.6 is 0 Å². The number of carbonyl (C=O) groups excluding carboxylic acids is 2. The second-order valence-corrected chi connectivity index (χ2v) is 8.38. The number of methoxy groups -OCH3 is 1. The van der Waals surface area contributed by atoms with Gasteiger partial charge in [-0.1, -0.05) is 42.5 Å². The Morgan fingerprint density at radius 2 is 1.72 bits per heavy atom. The third kappa shape index (κ3) is 5.40. The van der Waals surface area contributed by atoms with Gasteiger partial charge >= 0.3 is 6.18 Å². The molecule has 0 aromatic heterocycles. The van der Waals surface area contributed by atoms with Crippen LogP contribution < -0.4 is 4.74 Å². The van der Waals surface area contributed by atoms with Crippen molar-refractivity contribution >= 4 is 17.5 Å². The lowest BCUT2D eigenvalue weighted by atomic mass is 9.98. The minimum atomic E-state index is -4.50. The third-order valence-corrected chi connectivity index (χ3v) is 5.93. The van der Waals surface area contributed by atoms with Crippen LogP contribution in [-0.2, 0) is 11.0 Å². The smallest absolute Gasteiger partial charge is 0.416 e. The van der Waals surface area contributed by atoms with Gasteiger partial charge in [0.05, 0.1) is 24.4 Å². The predicted octanol–water partition coefficient (Wildman–Crippen LogP) is 5.16. The quantitative estimate of drug-likeness (QED) is 0.475. The van der Waals surface area contributed by atoms with Gasteiger partial charge in [-0.2, -0.15) is 18.3 Å². The van der Waals surface area contributed by atoms with Crippen LogP contribution in [0.25, 0.3) is 0 Å². The topological polar surface area (TPSA) is 62.2 Å². The van der Waals surface area contributed by atoms with Crippen LogP contribution in [0, 0.1) is 0 Å². The number of ether oxygens (including phenoxy) is 1. The van der Waals surface area contributed by atoms with Crippen molar-refractivity contribution in [2.45, 2.75) is 18.6 Å². The molecule has 6 nitrogen and oxygen atoms in total. The van der Waals surface area contributed by atoms with Gasteiger partial charge in [0.15, 0.2) is 0 Å². The summed E-state index contributed by atoms with van der Waals surface area (Å²) >= 11 is 0. The van der Waals surface area contributed by atoms with Crippen LogP contribution in [0.4, 0.5) is 13.2 Å². The molecule has 1 aliphatic heterocycles. The number of likely N-dealkylation sites (N-methyl/N-ethyl adjacent to an activating group) is 1. The van der Waals surface area contributed by atoms with E-state index in [1.165, 1.54) is 17.0 Å². The number of nitrogens with zero attached hydrogens (tertiary/aromatic N) is 3. The molecule has 3 aromatic carbocycles. The summed E-state index contributed by atoms with van der Waals surface area (Å²) in [6.07, 6.45) is -4.02. The molecule has 0 saturated heterocycles. The first kappa shape index (κ1) is 25.0. The standard InChI is InChI=1S/C27H24F3N3O3/c1-32(26(35)19-11-13-21(14-12-19)27(28,29)30)17-25(34)33-24(18-7-4-3-5-8-18)16-23(31-33)20-9-6-10-22(15-20)36-2/h3-15,24H,16-17H2,1-2H3/t24-/m1/s1. The van der Waals surface area contributed by atoms with Gasteiger partial charge in [0.1, 0.15) is 12.3 Å². The zero-order valence-electron chi connectivity index (χ0n) is 19.7. The molecule has 0 bridgehead atoms. The highest BCUT2D eigenvalue weighted by Crippen LogP contribution is 2.33. The summed E-state index contributed by atoms with van der Waals surface area (Å²) in [6.45, 7) is -0.294. The number of hydrogen-bond acceptors (Lipinski definition) is 4. The van der Waals surface area contributed by atoms with Crippen molar-refractivity contribution in [2.24, 2.45) is 5.10 Å². The molecule has 0 aliphatic carbocycles. The number of alkyl halides is 3. The Morgan fingerprint density at radius 3 is 2.36 bits per heavy atom. The van der Waals surface area contributed by atoms with E-state index < -0.39 is 23.6 Å². The molecular weight excluding hydrogens is 471 g/mol. The van der Waals surface area contributed by atoms with E-state index in [1.54, 1.807) is 7.11 Å². The number of halogens is 3. The first-order valence-corrected chi connectivity index (χ1v) is 11.2. The van der Waals surface area contributed by atoms with Gasteiger partial charge in [0.25, 0.3) is 11.8 Å². The van der Waals surface area contributed by atoms with Gasteiger partial charge in [-0.3, -0.25) is 9.59 Å². The number of hydrogen-bond donors (Lipinski definition) is 0. The molecule has 0 fully saturated rings. The summed E-state index contributed by atoms with van der Waals surface area (Å²) in [7, 11) is 3.00. The lowest BCUT2D eigenvalue weighted by molar-refractivity contribution is -0.137. The van der Waals surface area contributed by atoms with E-state index in [0.29, 0.717) is 17.9 Å². The van der Waals surface area contributed by atoms with Crippen molar-refractivity contribution in [1.82, 2.24) is 9.91 Å². The zero-order valence-corrected chi connectivity index (χ0v) is 19.7. The largest absolute Gasteiger partial charge is 0.497 e. The van der Waals surface area contributed by atoms with Crippen molar-refractivity contribution in [3.05, 3.63) is 101 Å². The highest BCUT2D eigenvalue weighted by atomic mass is 19.4. The number of hydrazone groups is 1. The van der Waals surface area contributed by atoms with Crippen molar-refractivity contribution in [3.8, 4) is 5.75 Å². The summed E-state index contributed by atoms with van der Waals surface area (Å²) < 4.78 is 43.8. The van der Waals surface area contributed by atoms with E-state index in [-0.39, 0.29) is 18.2 Å². The maximum Gasteiger partial charge on any atom is 0.416 e. The third-order valence-electron chi connectivity index (χ3n) is 5.93. The first-order valence-electron chi connectivity index (χ1n) is 11.2. The van der Waals surface area contributed by atoms with E-state index in [4.69, 9.17) is 4.74 Å². The maximum atomic E-state index is 13.3. The Labute approximate surface area is 206 Å². The van der Waals surface area contributed by atoms with Crippen molar-refractivity contribution in [2.75, 3.05) is 20.7 Å². The van der Waals surface area contributed by atoms with E-state index >= 15 is 0 Å². The molecule has 36 heavy (non-hydrogen) atoms. The second kappa shape index (κ2) is 10.2. The van der Waals surface area contributed by atoms with Gasteiger partial charge in [-0.05, 0) is 42.0 Å². The Hall–Kier alpha value is -4.14. The lowest BCUT2D eigenvalue weighted by Gasteiger charge is -2.25. The second-order valence-electron chi connectivity index (χ2n) is 8.38. The molecule has 0 radical (unpaired) electrons. The van der Waals surface area contributed by atoms with Crippen LogP contribution in [0.3, 0.4) is 0 Å². The summed E-state index contributed by atoms with van der Waals surface area (Å²) in [5.41, 5.74) is 1.62. The fourth-order valence-corrected chi connectivity index (χ4v) is 4.02. The summed E-state index contributed by atoms with van der Waals surface area (Å²) in [5, 5.41) is 5.97. The SMILES string of the molecule is COc1cccc(C2=NN(C(=O)CN(C)C(=O)c3ccc(C(F)(F)F)cc3)[C@@H](c3ccccc3)C2)c1. The molecule has 0 spiro atoms. The van der Waals surface area contributed by atoms with Gasteiger partial charge in [-0.15, -0.1) is 0 Å². The van der Waals surface area contributed by atoms with E-state index in [2.05, 4.69) is 5.10 Å². The average molecular weight is 496 g/mol. The van der Waals surface area contributed by atoms with Crippen molar-refractivity contribution in [1.29, 1.82) is 0 Å². The monoisotopic (exact) mass is 495 g/mol. The number of rotatable bonds is 6. The van der Waals surface area contributed by atoms with Gasteiger partial charge in [0.2, 0.25) is 0 Å². The molecule has 1 aliphatic rings. The molecule has 1 heterocycles. The Balaban J connectivity index is 1.55. The molecule has 4 rings (SSSR count). The zero-order chi connectivity index (χ0) is 25.9. The molecule has 186 valence electrons. The van der Waals surface area contributed by atoms with Crippen LogP contribution in [-0.4, -0.2) is 48.1 Å². The van der Waals surface area contributed by atoms with E-state index in [1.807, 2.05) is 54.6 Å². The number of carbonyl (C=O) groups is 2. The highest BCUT2D eigenvalue weighted by molar-refractivity contribution is 6.04. The molecule has 0 saturated carbocycles. The Morgan fingerprint density at radius 1 is 1.03 bits per heavy atom. The normalized spacial score (nSPS) is 15.4. The van der Waals surface area contributed by atoms with Crippen LogP contribution in [0.1, 0.15) is 39.5 Å². The van der Waals surface area contributed by atoms with Gasteiger partial charge in [0, 0.05) is 24.6 Å². The van der Waals surface area contributed by atoms with E-state index in [9.17, 15) is 22.8 Å². The molecular formula is C27H24F3N3O3. The van der Waals surface area contributed by atoms with Crippen LogP contribution in [0.15, 0.2) is 84.0 Å². The molecule has 0 unspecified atom stereocenters. The molecule has 0 N–H and O–H groups in total. The lowest BCUT2D eigenvalue weighted by Crippen LogP contribution is -2.39. The first-order chi connectivity index (χ1) is 17.2.